The van der Waals surface area contributed by atoms with Crippen molar-refractivity contribution in [3.05, 3.63) is 54.5 Å². The monoisotopic (exact) mass is 265 g/mol. The second-order valence-electron chi connectivity index (χ2n) is 4.63. The molecular weight excluding hydrogens is 250 g/mol. The van der Waals surface area contributed by atoms with Crippen LogP contribution >= 0.6 is 0 Å². The van der Waals surface area contributed by atoms with Crippen molar-refractivity contribution in [2.45, 2.75) is 13.0 Å². The summed E-state index contributed by atoms with van der Waals surface area (Å²) < 4.78 is 0. The van der Waals surface area contributed by atoms with Gasteiger partial charge in [0.2, 0.25) is 0 Å². The highest BCUT2D eigenvalue weighted by molar-refractivity contribution is 5.89. The van der Waals surface area contributed by atoms with Gasteiger partial charge in [0, 0.05) is 18.3 Å². The number of rotatable bonds is 3. The summed E-state index contributed by atoms with van der Waals surface area (Å²) in [6, 6.07) is 12.1. The molecule has 0 fully saturated rings. The number of anilines is 2. The number of nitrogens with two attached hydrogens (primary N) is 1. The molecule has 5 nitrogen and oxygen atoms in total. The fraction of sp³-hybridized carbons (Fsp3) is 0.133. The van der Waals surface area contributed by atoms with Crippen molar-refractivity contribution in [2.75, 3.05) is 11.1 Å². The van der Waals surface area contributed by atoms with Crippen molar-refractivity contribution in [3.63, 3.8) is 0 Å². The number of fused-ring (bicyclic) bond motifs is 1. The first-order valence-electron chi connectivity index (χ1n) is 6.42. The van der Waals surface area contributed by atoms with Crippen LogP contribution in [0.2, 0.25) is 0 Å². The van der Waals surface area contributed by atoms with Crippen molar-refractivity contribution in [3.8, 4) is 0 Å². The molecule has 0 saturated heterocycles. The molecule has 20 heavy (non-hydrogen) atoms. The minimum Gasteiger partial charge on any atom is -0.384 e. The fourth-order valence-corrected chi connectivity index (χ4v) is 2.11. The summed E-state index contributed by atoms with van der Waals surface area (Å²) in [7, 11) is 0. The molecule has 1 atom stereocenters. The van der Waals surface area contributed by atoms with Gasteiger partial charge in [-0.25, -0.2) is 15.0 Å². The molecule has 3 aromatic rings. The number of nitrogen functional groups attached to an aromatic ring is 1. The third-order valence-electron chi connectivity index (χ3n) is 3.19. The zero-order chi connectivity index (χ0) is 13.9. The Kier molecular flexibility index (Phi) is 3.16. The van der Waals surface area contributed by atoms with Gasteiger partial charge in [0.15, 0.2) is 0 Å². The highest BCUT2D eigenvalue weighted by atomic mass is 15.0. The number of hydrogen-bond acceptors (Lipinski definition) is 5. The molecule has 0 radical (unpaired) electrons. The number of nitrogens with zero attached hydrogens (tertiary/aromatic N) is 3. The third kappa shape index (κ3) is 2.38. The Hall–Kier alpha value is -2.69. The lowest BCUT2D eigenvalue weighted by Crippen LogP contribution is -2.08. The van der Waals surface area contributed by atoms with E-state index in [1.54, 1.807) is 12.3 Å². The summed E-state index contributed by atoms with van der Waals surface area (Å²) >= 11 is 0. The van der Waals surface area contributed by atoms with E-state index in [1.165, 1.54) is 11.9 Å². The summed E-state index contributed by atoms with van der Waals surface area (Å²) in [5, 5.41) is 4.25. The van der Waals surface area contributed by atoms with E-state index >= 15 is 0 Å². The Balaban J connectivity index is 1.95. The van der Waals surface area contributed by atoms with Gasteiger partial charge in [0.05, 0.1) is 10.9 Å². The summed E-state index contributed by atoms with van der Waals surface area (Å²) in [6.45, 7) is 2.09. The number of aromatic nitrogens is 3. The van der Waals surface area contributed by atoms with E-state index in [2.05, 4.69) is 39.3 Å². The average molecular weight is 265 g/mol. The van der Waals surface area contributed by atoms with Crippen molar-refractivity contribution < 1.29 is 0 Å². The second-order valence-corrected chi connectivity index (χ2v) is 4.63. The van der Waals surface area contributed by atoms with Crippen LogP contribution in [0, 0.1) is 0 Å². The molecule has 100 valence electrons. The van der Waals surface area contributed by atoms with Gasteiger partial charge < -0.3 is 11.1 Å². The van der Waals surface area contributed by atoms with E-state index in [0.29, 0.717) is 5.82 Å². The van der Waals surface area contributed by atoms with E-state index < -0.39 is 0 Å². The van der Waals surface area contributed by atoms with Crippen molar-refractivity contribution in [1.82, 2.24) is 15.0 Å². The maximum Gasteiger partial charge on any atom is 0.139 e. The van der Waals surface area contributed by atoms with Crippen LogP contribution in [0.5, 0.6) is 0 Å². The molecule has 1 unspecified atom stereocenters. The van der Waals surface area contributed by atoms with Crippen LogP contribution in [-0.2, 0) is 0 Å². The standard InChI is InChI=1S/C15H15N5/c1-10(11-5-3-2-4-6-11)20-15-12-8-17-14(16)7-13(12)18-9-19-15/h2-10H,1H3,(H2,16,17)(H,18,19,20). The van der Waals surface area contributed by atoms with Gasteiger partial charge in [-0.1, -0.05) is 30.3 Å². The number of hydrogen-bond donors (Lipinski definition) is 2. The molecule has 0 aliphatic heterocycles. The first-order chi connectivity index (χ1) is 9.74. The topological polar surface area (TPSA) is 76.7 Å². The summed E-state index contributed by atoms with van der Waals surface area (Å²) in [5.74, 6) is 1.22. The van der Waals surface area contributed by atoms with Gasteiger partial charge in [0.25, 0.3) is 0 Å². The van der Waals surface area contributed by atoms with Crippen LogP contribution in [0.4, 0.5) is 11.6 Å². The van der Waals surface area contributed by atoms with Crippen LogP contribution < -0.4 is 11.1 Å². The van der Waals surface area contributed by atoms with Gasteiger partial charge in [-0.05, 0) is 12.5 Å². The quantitative estimate of drug-likeness (QED) is 0.761. The minimum atomic E-state index is 0.145. The average Bonchev–Trinajstić information content (AvgIpc) is 2.48. The highest BCUT2D eigenvalue weighted by Gasteiger charge is 2.09. The molecule has 2 heterocycles. The van der Waals surface area contributed by atoms with Crippen LogP contribution in [0.15, 0.2) is 48.9 Å². The van der Waals surface area contributed by atoms with E-state index in [1.807, 2.05) is 18.2 Å². The normalized spacial score (nSPS) is 12.2. The molecule has 3 N–H and O–H groups in total. The van der Waals surface area contributed by atoms with Gasteiger partial charge in [-0.15, -0.1) is 0 Å². The van der Waals surface area contributed by atoms with E-state index in [-0.39, 0.29) is 6.04 Å². The zero-order valence-corrected chi connectivity index (χ0v) is 11.1. The smallest absolute Gasteiger partial charge is 0.139 e. The molecule has 0 bridgehead atoms. The molecule has 0 spiro atoms. The summed E-state index contributed by atoms with van der Waals surface area (Å²) in [5.41, 5.74) is 7.66. The Morgan fingerprint density at radius 1 is 1.10 bits per heavy atom. The minimum absolute atomic E-state index is 0.145. The first-order valence-corrected chi connectivity index (χ1v) is 6.42. The predicted octanol–water partition coefficient (Wildman–Crippen LogP) is 2.78. The van der Waals surface area contributed by atoms with Crippen LogP contribution in [0.1, 0.15) is 18.5 Å². The molecular formula is C15H15N5. The molecule has 3 rings (SSSR count). The van der Waals surface area contributed by atoms with Crippen molar-refractivity contribution in [1.29, 1.82) is 0 Å². The first kappa shape index (κ1) is 12.3. The van der Waals surface area contributed by atoms with Crippen LogP contribution in [-0.4, -0.2) is 15.0 Å². The second kappa shape index (κ2) is 5.13. The number of nitrogens with one attached hydrogen (secondary N) is 1. The van der Waals surface area contributed by atoms with Crippen LogP contribution in [0.3, 0.4) is 0 Å². The molecule has 2 aromatic heterocycles. The largest absolute Gasteiger partial charge is 0.384 e. The summed E-state index contributed by atoms with van der Waals surface area (Å²) in [6.07, 6.45) is 3.23. The van der Waals surface area contributed by atoms with Crippen molar-refractivity contribution >= 4 is 22.5 Å². The van der Waals surface area contributed by atoms with E-state index in [9.17, 15) is 0 Å². The Bertz CT molecular complexity index is 727. The number of pyridine rings is 1. The lowest BCUT2D eigenvalue weighted by molar-refractivity contribution is 0.875. The molecule has 5 heteroatoms. The Morgan fingerprint density at radius 2 is 1.90 bits per heavy atom. The molecule has 0 saturated carbocycles. The maximum absolute atomic E-state index is 5.67. The summed E-state index contributed by atoms with van der Waals surface area (Å²) in [4.78, 5) is 12.6. The van der Waals surface area contributed by atoms with Gasteiger partial charge in [-0.3, -0.25) is 0 Å². The molecule has 1 aromatic carbocycles. The van der Waals surface area contributed by atoms with Crippen molar-refractivity contribution in [2.24, 2.45) is 0 Å². The zero-order valence-electron chi connectivity index (χ0n) is 11.1. The third-order valence-corrected chi connectivity index (χ3v) is 3.19. The Morgan fingerprint density at radius 3 is 2.70 bits per heavy atom. The SMILES string of the molecule is CC(Nc1ncnc2cc(N)ncc12)c1ccccc1. The molecule has 0 aliphatic rings. The predicted molar refractivity (Wildman–Crippen MR) is 80.2 cm³/mol. The molecule has 0 aliphatic carbocycles. The number of benzene rings is 1. The van der Waals surface area contributed by atoms with Crippen LogP contribution in [0.25, 0.3) is 10.9 Å². The lowest BCUT2D eigenvalue weighted by Gasteiger charge is -2.16. The highest BCUT2D eigenvalue weighted by Crippen LogP contribution is 2.23. The van der Waals surface area contributed by atoms with Gasteiger partial charge >= 0.3 is 0 Å². The van der Waals surface area contributed by atoms with Gasteiger partial charge in [-0.2, -0.15) is 0 Å². The van der Waals surface area contributed by atoms with E-state index in [4.69, 9.17) is 5.73 Å². The maximum atomic E-state index is 5.67. The Labute approximate surface area is 116 Å². The van der Waals surface area contributed by atoms with Gasteiger partial charge in [0.1, 0.15) is 18.0 Å². The van der Waals surface area contributed by atoms with E-state index in [0.717, 1.165) is 16.7 Å². The lowest BCUT2D eigenvalue weighted by atomic mass is 10.1. The fourth-order valence-electron chi connectivity index (χ4n) is 2.11. The molecule has 0 amide bonds.